The van der Waals surface area contributed by atoms with Crippen LogP contribution in [0.3, 0.4) is 0 Å². The van der Waals surface area contributed by atoms with Crippen molar-refractivity contribution in [3.05, 3.63) is 12.2 Å². The Hall–Kier alpha value is -0.260. The van der Waals surface area contributed by atoms with Crippen molar-refractivity contribution >= 4 is 0 Å². The van der Waals surface area contributed by atoms with Gasteiger partial charge in [0.05, 0.1) is 0 Å². The Kier molecular flexibility index (Phi) is 1.36. The van der Waals surface area contributed by atoms with Crippen molar-refractivity contribution in [3.8, 4) is 0 Å². The van der Waals surface area contributed by atoms with Gasteiger partial charge in [0.15, 0.2) is 0 Å². The van der Waals surface area contributed by atoms with Crippen LogP contribution in [0.5, 0.6) is 0 Å². The molecule has 0 saturated heterocycles. The van der Waals surface area contributed by atoms with Gasteiger partial charge in [-0.25, -0.2) is 0 Å². The van der Waals surface area contributed by atoms with Crippen LogP contribution in [0.4, 0.5) is 0 Å². The Bertz CT molecular complexity index is 153. The Balaban J connectivity index is 1.84. The lowest BCUT2D eigenvalue weighted by atomic mass is 10.1. The summed E-state index contributed by atoms with van der Waals surface area (Å²) in [6.45, 7) is 6.47. The van der Waals surface area contributed by atoms with Crippen molar-refractivity contribution in [1.82, 2.24) is 0 Å². The molecule has 0 heterocycles. The highest BCUT2D eigenvalue weighted by Gasteiger charge is 2.42. The molecule has 10 heavy (non-hydrogen) atoms. The molecule has 0 amide bonds. The van der Waals surface area contributed by atoms with E-state index in [0.717, 1.165) is 17.8 Å². The van der Waals surface area contributed by atoms with Crippen LogP contribution in [-0.4, -0.2) is 0 Å². The Morgan fingerprint density at radius 1 is 1.50 bits per heavy atom. The molecule has 0 radical (unpaired) electrons. The molecule has 0 aromatic heterocycles. The predicted molar refractivity (Wildman–Crippen MR) is 43.8 cm³/mol. The molecule has 0 aromatic carbocycles. The zero-order valence-corrected chi connectivity index (χ0v) is 6.77. The van der Waals surface area contributed by atoms with Gasteiger partial charge in [-0.2, -0.15) is 0 Å². The predicted octanol–water partition coefficient (Wildman–Crippen LogP) is 3.00. The van der Waals surface area contributed by atoms with Gasteiger partial charge < -0.3 is 0 Å². The van der Waals surface area contributed by atoms with Crippen molar-refractivity contribution in [2.24, 2.45) is 17.8 Å². The summed E-state index contributed by atoms with van der Waals surface area (Å²) in [6.07, 6.45) is 5.69. The quantitative estimate of drug-likeness (QED) is 0.523. The maximum atomic E-state index is 4.18. The normalized spacial score (nSPS) is 37.7. The SMILES string of the molecule is C=C(C1CC1)C1CC1CC. The molecule has 0 aromatic rings. The van der Waals surface area contributed by atoms with Crippen LogP contribution in [0.15, 0.2) is 12.2 Å². The van der Waals surface area contributed by atoms with E-state index in [9.17, 15) is 0 Å². The zero-order valence-electron chi connectivity index (χ0n) is 6.77. The van der Waals surface area contributed by atoms with Gasteiger partial charge >= 0.3 is 0 Å². The van der Waals surface area contributed by atoms with Crippen LogP contribution >= 0.6 is 0 Å². The topological polar surface area (TPSA) is 0 Å². The zero-order chi connectivity index (χ0) is 7.14. The minimum absolute atomic E-state index is 0.942. The highest BCUT2D eigenvalue weighted by Crippen LogP contribution is 2.52. The summed E-state index contributed by atoms with van der Waals surface area (Å²) in [5, 5.41) is 0. The lowest BCUT2D eigenvalue weighted by molar-refractivity contribution is 0.711. The van der Waals surface area contributed by atoms with E-state index in [1.54, 1.807) is 5.57 Å². The number of rotatable bonds is 3. The van der Waals surface area contributed by atoms with Gasteiger partial charge in [0, 0.05) is 0 Å². The minimum atomic E-state index is 0.942. The fourth-order valence-electron chi connectivity index (χ4n) is 1.91. The van der Waals surface area contributed by atoms with Gasteiger partial charge in [-0.1, -0.05) is 25.5 Å². The summed E-state index contributed by atoms with van der Waals surface area (Å²) in [4.78, 5) is 0. The first-order chi connectivity index (χ1) is 4.83. The molecule has 0 heteroatoms. The Labute approximate surface area is 63.3 Å². The van der Waals surface area contributed by atoms with Crippen LogP contribution in [-0.2, 0) is 0 Å². The smallest absolute Gasteiger partial charge is 0.0172 e. The monoisotopic (exact) mass is 136 g/mol. The van der Waals surface area contributed by atoms with E-state index in [4.69, 9.17) is 0 Å². The van der Waals surface area contributed by atoms with E-state index < -0.39 is 0 Å². The van der Waals surface area contributed by atoms with Crippen molar-refractivity contribution in [2.75, 3.05) is 0 Å². The summed E-state index contributed by atoms with van der Waals surface area (Å²) < 4.78 is 0. The molecule has 0 N–H and O–H groups in total. The molecule has 56 valence electrons. The number of hydrogen-bond acceptors (Lipinski definition) is 0. The van der Waals surface area contributed by atoms with E-state index in [1.165, 1.54) is 25.7 Å². The lowest BCUT2D eigenvalue weighted by Crippen LogP contribution is -1.88. The fourth-order valence-corrected chi connectivity index (χ4v) is 1.91. The maximum Gasteiger partial charge on any atom is -0.0172 e. The molecule has 0 aliphatic heterocycles. The summed E-state index contributed by atoms with van der Waals surface area (Å²) >= 11 is 0. The third-order valence-corrected chi connectivity index (χ3v) is 3.02. The summed E-state index contributed by atoms with van der Waals surface area (Å²) in [5.74, 6) is 2.91. The first kappa shape index (κ1) is 6.45. The molecule has 2 rings (SSSR count). The van der Waals surface area contributed by atoms with Gasteiger partial charge in [0.25, 0.3) is 0 Å². The molecular formula is C10H16. The minimum Gasteiger partial charge on any atom is -0.0993 e. The second-order valence-corrected chi connectivity index (χ2v) is 3.86. The third kappa shape index (κ3) is 1.00. The second-order valence-electron chi connectivity index (χ2n) is 3.86. The molecule has 0 nitrogen and oxygen atoms in total. The van der Waals surface area contributed by atoms with E-state index in [-0.39, 0.29) is 0 Å². The molecular weight excluding hydrogens is 120 g/mol. The number of hydrogen-bond donors (Lipinski definition) is 0. The highest BCUT2D eigenvalue weighted by atomic mass is 14.5. The van der Waals surface area contributed by atoms with Crippen LogP contribution in [0, 0.1) is 17.8 Å². The first-order valence-corrected chi connectivity index (χ1v) is 4.51. The summed E-state index contributed by atoms with van der Waals surface area (Å²) in [6, 6.07) is 0. The van der Waals surface area contributed by atoms with E-state index in [2.05, 4.69) is 13.5 Å². The number of allylic oxidation sites excluding steroid dienone is 1. The van der Waals surface area contributed by atoms with Crippen LogP contribution in [0.2, 0.25) is 0 Å². The summed E-state index contributed by atoms with van der Waals surface area (Å²) in [5.41, 5.74) is 1.59. The molecule has 2 aliphatic carbocycles. The molecule has 2 saturated carbocycles. The van der Waals surface area contributed by atoms with E-state index in [1.807, 2.05) is 0 Å². The fraction of sp³-hybridized carbons (Fsp3) is 0.800. The Morgan fingerprint density at radius 2 is 2.20 bits per heavy atom. The second kappa shape index (κ2) is 2.11. The lowest BCUT2D eigenvalue weighted by Gasteiger charge is -1.99. The van der Waals surface area contributed by atoms with Gasteiger partial charge in [0.1, 0.15) is 0 Å². The summed E-state index contributed by atoms with van der Waals surface area (Å²) in [7, 11) is 0. The highest BCUT2D eigenvalue weighted by molar-refractivity contribution is 5.18. The van der Waals surface area contributed by atoms with Gasteiger partial charge in [-0.3, -0.25) is 0 Å². The third-order valence-electron chi connectivity index (χ3n) is 3.02. The van der Waals surface area contributed by atoms with Gasteiger partial charge in [-0.05, 0) is 37.0 Å². The molecule has 2 atom stereocenters. The van der Waals surface area contributed by atoms with Crippen LogP contribution in [0.25, 0.3) is 0 Å². The average Bonchev–Trinajstić information content (AvgIpc) is 2.83. The molecule has 0 spiro atoms. The van der Waals surface area contributed by atoms with Crippen LogP contribution < -0.4 is 0 Å². The van der Waals surface area contributed by atoms with Gasteiger partial charge in [-0.15, -0.1) is 0 Å². The van der Waals surface area contributed by atoms with Crippen molar-refractivity contribution in [1.29, 1.82) is 0 Å². The van der Waals surface area contributed by atoms with Crippen molar-refractivity contribution < 1.29 is 0 Å². The average molecular weight is 136 g/mol. The molecule has 0 bridgehead atoms. The molecule has 2 fully saturated rings. The van der Waals surface area contributed by atoms with Crippen LogP contribution in [0.1, 0.15) is 32.6 Å². The van der Waals surface area contributed by atoms with E-state index >= 15 is 0 Å². The van der Waals surface area contributed by atoms with Crippen molar-refractivity contribution in [3.63, 3.8) is 0 Å². The molecule has 2 aliphatic rings. The Morgan fingerprint density at radius 3 is 2.60 bits per heavy atom. The standard InChI is InChI=1S/C10H16/c1-3-8-6-10(8)7(2)9-4-5-9/h8-10H,2-6H2,1H3. The van der Waals surface area contributed by atoms with Crippen molar-refractivity contribution in [2.45, 2.75) is 32.6 Å². The van der Waals surface area contributed by atoms with Gasteiger partial charge in [0.2, 0.25) is 0 Å². The maximum absolute atomic E-state index is 4.18. The largest absolute Gasteiger partial charge is 0.0993 e. The first-order valence-electron chi connectivity index (χ1n) is 4.51. The molecule has 2 unspecified atom stereocenters. The van der Waals surface area contributed by atoms with E-state index in [0.29, 0.717) is 0 Å².